The summed E-state index contributed by atoms with van der Waals surface area (Å²) in [7, 11) is 0. The van der Waals surface area contributed by atoms with Gasteiger partial charge in [-0.2, -0.15) is 15.0 Å². The number of nitrogens with one attached hydrogen (secondary N) is 1. The van der Waals surface area contributed by atoms with E-state index in [0.29, 0.717) is 18.0 Å². The lowest BCUT2D eigenvalue weighted by Crippen LogP contribution is -2.40. The number of hydrogen-bond donors (Lipinski definition) is 2. The molecule has 1 aliphatic carbocycles. The predicted octanol–water partition coefficient (Wildman–Crippen LogP) is 0.962. The van der Waals surface area contributed by atoms with Crippen molar-refractivity contribution in [3.8, 4) is 5.69 Å². The molecule has 0 spiro atoms. The maximum atomic E-state index is 12.4. The van der Waals surface area contributed by atoms with Gasteiger partial charge < -0.3 is 15.0 Å². The summed E-state index contributed by atoms with van der Waals surface area (Å²) in [6.07, 6.45) is 8.06. The Balaban J connectivity index is 1.31. The zero-order chi connectivity index (χ0) is 18.6. The van der Waals surface area contributed by atoms with Gasteiger partial charge in [-0.1, -0.05) is 18.2 Å². The highest BCUT2D eigenvalue weighted by Crippen LogP contribution is 2.27. The highest BCUT2D eigenvalue weighted by molar-refractivity contribution is 5.78. The van der Waals surface area contributed by atoms with E-state index in [-0.39, 0.29) is 18.4 Å². The van der Waals surface area contributed by atoms with Crippen LogP contribution in [0.1, 0.15) is 18.5 Å². The van der Waals surface area contributed by atoms with E-state index in [0.717, 1.165) is 18.7 Å². The molecule has 140 valence electrons. The predicted molar refractivity (Wildman–Crippen MR) is 98.0 cm³/mol. The van der Waals surface area contributed by atoms with Crippen molar-refractivity contribution in [2.45, 2.75) is 38.0 Å². The Kier molecular flexibility index (Phi) is 4.97. The van der Waals surface area contributed by atoms with E-state index in [2.05, 4.69) is 20.5 Å². The first-order valence-electron chi connectivity index (χ1n) is 9.07. The summed E-state index contributed by atoms with van der Waals surface area (Å²) in [4.78, 5) is 17.9. The summed E-state index contributed by atoms with van der Waals surface area (Å²) >= 11 is 0. The first-order chi connectivity index (χ1) is 13.2. The van der Waals surface area contributed by atoms with Crippen molar-refractivity contribution in [1.29, 1.82) is 0 Å². The number of carbonyl (C=O) groups excluding carboxylic acids is 1. The lowest BCUT2D eigenvalue weighted by atomic mass is 10.1. The summed E-state index contributed by atoms with van der Waals surface area (Å²) in [6, 6.07) is 9.32. The molecule has 1 aromatic carbocycles. The molecule has 8 nitrogen and oxygen atoms in total. The molecule has 0 radical (unpaired) electrons. The number of aliphatic hydroxyl groups excluding tert-OH is 1. The minimum atomic E-state index is -0.525. The zero-order valence-corrected chi connectivity index (χ0v) is 14.8. The Morgan fingerprint density at radius 3 is 2.89 bits per heavy atom. The molecule has 4 rings (SSSR count). The van der Waals surface area contributed by atoms with Crippen LogP contribution >= 0.6 is 0 Å². The number of amides is 1. The number of para-hydroxylation sites is 1. The number of carbonyl (C=O) groups is 1. The first-order valence-corrected chi connectivity index (χ1v) is 9.07. The van der Waals surface area contributed by atoms with Crippen LogP contribution in [0.15, 0.2) is 55.2 Å². The molecular formula is C19H22N6O2. The Morgan fingerprint density at radius 1 is 1.26 bits per heavy atom. The van der Waals surface area contributed by atoms with Crippen molar-refractivity contribution in [1.82, 2.24) is 29.9 Å². The van der Waals surface area contributed by atoms with Gasteiger partial charge in [0.1, 0.15) is 0 Å². The Morgan fingerprint density at radius 2 is 2.11 bits per heavy atom. The van der Waals surface area contributed by atoms with E-state index < -0.39 is 6.10 Å². The van der Waals surface area contributed by atoms with Crippen molar-refractivity contribution in [3.63, 3.8) is 0 Å². The SMILES string of the molecule is O=C(Cc1cnn(-c2ccccc2)n1)N[C@@H]1CC(Cn2ccnc2)C[C@H]1O. The molecule has 0 saturated heterocycles. The Labute approximate surface area is 156 Å². The fourth-order valence-corrected chi connectivity index (χ4v) is 3.60. The van der Waals surface area contributed by atoms with Crippen molar-refractivity contribution in [2.75, 3.05) is 0 Å². The van der Waals surface area contributed by atoms with Crippen molar-refractivity contribution in [2.24, 2.45) is 5.92 Å². The molecule has 1 amide bonds. The minimum absolute atomic E-state index is 0.141. The van der Waals surface area contributed by atoms with E-state index in [1.54, 1.807) is 18.7 Å². The molecule has 8 heteroatoms. The maximum absolute atomic E-state index is 12.4. The Hall–Kier alpha value is -3.00. The number of imidazole rings is 1. The number of hydrogen-bond acceptors (Lipinski definition) is 5. The van der Waals surface area contributed by atoms with Gasteiger partial charge in [0.2, 0.25) is 5.91 Å². The third-order valence-corrected chi connectivity index (χ3v) is 4.87. The van der Waals surface area contributed by atoms with Crippen LogP contribution in [0.2, 0.25) is 0 Å². The van der Waals surface area contributed by atoms with Crippen LogP contribution in [0, 0.1) is 5.92 Å². The van der Waals surface area contributed by atoms with Crippen LogP contribution in [0.4, 0.5) is 0 Å². The van der Waals surface area contributed by atoms with Gasteiger partial charge in [-0.15, -0.1) is 0 Å². The van der Waals surface area contributed by atoms with Gasteiger partial charge in [-0.05, 0) is 30.9 Å². The van der Waals surface area contributed by atoms with Gasteiger partial charge in [0.05, 0.1) is 42.5 Å². The normalized spacial score (nSPS) is 22.0. The van der Waals surface area contributed by atoms with Gasteiger partial charge in [-0.3, -0.25) is 4.79 Å². The van der Waals surface area contributed by atoms with Crippen LogP contribution in [0.5, 0.6) is 0 Å². The average Bonchev–Trinajstić information content (AvgIpc) is 3.39. The van der Waals surface area contributed by atoms with Crippen molar-refractivity contribution in [3.05, 3.63) is 60.9 Å². The number of aromatic nitrogens is 5. The maximum Gasteiger partial charge on any atom is 0.226 e. The van der Waals surface area contributed by atoms with Gasteiger partial charge >= 0.3 is 0 Å². The van der Waals surface area contributed by atoms with Gasteiger partial charge in [0.25, 0.3) is 0 Å². The monoisotopic (exact) mass is 366 g/mol. The second-order valence-corrected chi connectivity index (χ2v) is 6.98. The second kappa shape index (κ2) is 7.71. The van der Waals surface area contributed by atoms with Crippen LogP contribution in [-0.2, 0) is 17.8 Å². The highest BCUT2D eigenvalue weighted by atomic mass is 16.3. The molecule has 3 aromatic rings. The molecule has 0 bridgehead atoms. The molecule has 27 heavy (non-hydrogen) atoms. The molecule has 1 aliphatic rings. The summed E-state index contributed by atoms with van der Waals surface area (Å²) in [5.74, 6) is 0.167. The van der Waals surface area contributed by atoms with Crippen molar-refractivity contribution < 1.29 is 9.90 Å². The number of benzene rings is 1. The van der Waals surface area contributed by atoms with E-state index in [4.69, 9.17) is 0 Å². The highest BCUT2D eigenvalue weighted by Gasteiger charge is 2.34. The van der Waals surface area contributed by atoms with Crippen molar-refractivity contribution >= 4 is 5.91 Å². The summed E-state index contributed by atoms with van der Waals surface area (Å²) in [6.45, 7) is 0.800. The standard InChI is InChI=1S/C19H22N6O2/c26-18-9-14(12-24-7-6-20-13-24)8-17(18)22-19(27)10-15-11-21-25(23-15)16-4-2-1-3-5-16/h1-7,11,13-14,17-18,26H,8-10,12H2,(H,22,27)/t14?,17-,18-/m1/s1. The van der Waals surface area contributed by atoms with Gasteiger partial charge in [0.15, 0.2) is 0 Å². The fraction of sp³-hybridized carbons (Fsp3) is 0.368. The second-order valence-electron chi connectivity index (χ2n) is 6.98. The van der Waals surface area contributed by atoms with E-state index in [1.165, 1.54) is 4.80 Å². The minimum Gasteiger partial charge on any atom is -0.391 e. The summed E-state index contributed by atoms with van der Waals surface area (Å²) < 4.78 is 2.00. The van der Waals surface area contributed by atoms with E-state index >= 15 is 0 Å². The van der Waals surface area contributed by atoms with Crippen LogP contribution < -0.4 is 5.32 Å². The molecular weight excluding hydrogens is 344 g/mol. The molecule has 0 aliphatic heterocycles. The largest absolute Gasteiger partial charge is 0.391 e. The molecule has 3 atom stereocenters. The average molecular weight is 366 g/mol. The van der Waals surface area contributed by atoms with E-state index in [9.17, 15) is 9.90 Å². The molecule has 2 N–H and O–H groups in total. The molecule has 1 unspecified atom stereocenters. The number of aliphatic hydroxyl groups is 1. The third-order valence-electron chi connectivity index (χ3n) is 4.87. The topological polar surface area (TPSA) is 97.9 Å². The fourth-order valence-electron chi connectivity index (χ4n) is 3.60. The van der Waals surface area contributed by atoms with Gasteiger partial charge in [-0.25, -0.2) is 4.98 Å². The van der Waals surface area contributed by atoms with Gasteiger partial charge in [0, 0.05) is 18.9 Å². The van der Waals surface area contributed by atoms with Crippen LogP contribution in [0.25, 0.3) is 5.69 Å². The molecule has 1 saturated carbocycles. The number of nitrogens with zero attached hydrogens (tertiary/aromatic N) is 5. The van der Waals surface area contributed by atoms with E-state index in [1.807, 2.05) is 41.1 Å². The molecule has 1 fully saturated rings. The smallest absolute Gasteiger partial charge is 0.226 e. The molecule has 2 heterocycles. The Bertz CT molecular complexity index is 877. The summed E-state index contributed by atoms with van der Waals surface area (Å²) in [5.41, 5.74) is 1.44. The zero-order valence-electron chi connectivity index (χ0n) is 14.8. The first kappa shape index (κ1) is 17.4. The quantitative estimate of drug-likeness (QED) is 0.677. The lowest BCUT2D eigenvalue weighted by molar-refractivity contribution is -0.121. The summed E-state index contributed by atoms with van der Waals surface area (Å²) in [5, 5.41) is 21.8. The van der Waals surface area contributed by atoms with Crippen LogP contribution in [-0.4, -0.2) is 47.7 Å². The third kappa shape index (κ3) is 4.22. The number of rotatable bonds is 6. The van der Waals surface area contributed by atoms with Crippen LogP contribution in [0.3, 0.4) is 0 Å². The lowest BCUT2D eigenvalue weighted by Gasteiger charge is -2.16. The molecule has 2 aromatic heterocycles.